The summed E-state index contributed by atoms with van der Waals surface area (Å²) in [4.78, 5) is 14.7. The molecule has 3 atom stereocenters. The van der Waals surface area contributed by atoms with Crippen molar-refractivity contribution in [2.24, 2.45) is 5.92 Å². The van der Waals surface area contributed by atoms with E-state index < -0.39 is 0 Å². The van der Waals surface area contributed by atoms with Crippen molar-refractivity contribution >= 4 is 5.91 Å². The number of nitrogens with zero attached hydrogens (tertiary/aromatic N) is 1. The van der Waals surface area contributed by atoms with Crippen LogP contribution in [0.15, 0.2) is 0 Å². The van der Waals surface area contributed by atoms with Crippen LogP contribution in [0.1, 0.15) is 52.4 Å². The number of hydrogen-bond donors (Lipinski definition) is 1. The molecule has 1 amide bonds. The van der Waals surface area contributed by atoms with Crippen LogP contribution in [0.5, 0.6) is 0 Å². The average Bonchev–Trinajstić information content (AvgIpc) is 2.45. The van der Waals surface area contributed by atoms with E-state index in [0.29, 0.717) is 18.6 Å². The molecule has 4 nitrogen and oxygen atoms in total. The minimum atomic E-state index is -0.198. The van der Waals surface area contributed by atoms with E-state index in [9.17, 15) is 4.79 Å². The first-order valence-electron chi connectivity index (χ1n) is 8.24. The van der Waals surface area contributed by atoms with E-state index in [1.54, 1.807) is 0 Å². The molecule has 4 heteroatoms. The van der Waals surface area contributed by atoms with Gasteiger partial charge in [0.2, 0.25) is 5.91 Å². The standard InChI is InChI=1S/C16H28N2O2/c1-16(2)11-18(9-10-20-16)15(19)14-8-7-12-5-3-4-6-13(12)17-14/h12-14,17H,3-11H2,1-2H3. The second-order valence-corrected chi connectivity index (χ2v) is 7.32. The molecule has 0 bridgehead atoms. The van der Waals surface area contributed by atoms with Crippen LogP contribution >= 0.6 is 0 Å². The van der Waals surface area contributed by atoms with Gasteiger partial charge in [-0.15, -0.1) is 0 Å². The van der Waals surface area contributed by atoms with Crippen LogP contribution in [0, 0.1) is 5.92 Å². The van der Waals surface area contributed by atoms with Gasteiger partial charge in [-0.1, -0.05) is 12.8 Å². The summed E-state index contributed by atoms with van der Waals surface area (Å²) in [5.41, 5.74) is -0.198. The molecule has 2 aliphatic heterocycles. The van der Waals surface area contributed by atoms with Gasteiger partial charge in [-0.05, 0) is 45.4 Å². The molecule has 1 saturated carbocycles. The molecule has 1 N–H and O–H groups in total. The molecule has 2 saturated heterocycles. The van der Waals surface area contributed by atoms with Crippen LogP contribution in [-0.4, -0.2) is 48.2 Å². The lowest BCUT2D eigenvalue weighted by molar-refractivity contribution is -0.149. The molecule has 0 aromatic heterocycles. The van der Waals surface area contributed by atoms with Gasteiger partial charge in [-0.25, -0.2) is 0 Å². The van der Waals surface area contributed by atoms with Crippen LogP contribution < -0.4 is 5.32 Å². The van der Waals surface area contributed by atoms with Gasteiger partial charge in [0.15, 0.2) is 0 Å². The van der Waals surface area contributed by atoms with Gasteiger partial charge in [-0.2, -0.15) is 0 Å². The smallest absolute Gasteiger partial charge is 0.239 e. The second kappa shape index (κ2) is 5.64. The molecular formula is C16H28N2O2. The molecular weight excluding hydrogens is 252 g/mol. The minimum absolute atomic E-state index is 0.0447. The predicted molar refractivity (Wildman–Crippen MR) is 78.5 cm³/mol. The van der Waals surface area contributed by atoms with Crippen molar-refractivity contribution in [3.8, 4) is 0 Å². The lowest BCUT2D eigenvalue weighted by Crippen LogP contribution is -2.59. The second-order valence-electron chi connectivity index (χ2n) is 7.32. The van der Waals surface area contributed by atoms with Crippen molar-refractivity contribution in [3.05, 3.63) is 0 Å². The molecule has 20 heavy (non-hydrogen) atoms. The quantitative estimate of drug-likeness (QED) is 0.798. The van der Waals surface area contributed by atoms with Gasteiger partial charge in [0, 0.05) is 19.1 Å². The molecule has 0 aromatic rings. The summed E-state index contributed by atoms with van der Waals surface area (Å²) in [7, 11) is 0. The fourth-order valence-electron chi connectivity index (χ4n) is 4.11. The molecule has 0 spiro atoms. The summed E-state index contributed by atoms with van der Waals surface area (Å²) in [6, 6.07) is 0.628. The maximum Gasteiger partial charge on any atom is 0.239 e. The third-order valence-corrected chi connectivity index (χ3v) is 5.19. The molecule has 114 valence electrons. The normalized spacial score (nSPS) is 37.3. The van der Waals surface area contributed by atoms with Gasteiger partial charge in [0.1, 0.15) is 0 Å². The number of carbonyl (C=O) groups is 1. The SMILES string of the molecule is CC1(C)CN(C(=O)C2CCC3CCCCC3N2)CCO1. The van der Waals surface area contributed by atoms with Crippen LogP contribution in [0.3, 0.4) is 0 Å². The number of rotatable bonds is 1. The first-order valence-corrected chi connectivity index (χ1v) is 8.24. The Kier molecular flexibility index (Phi) is 4.04. The zero-order chi connectivity index (χ0) is 14.2. The Morgan fingerprint density at radius 1 is 1.20 bits per heavy atom. The average molecular weight is 280 g/mol. The van der Waals surface area contributed by atoms with Gasteiger partial charge in [0.25, 0.3) is 0 Å². The number of carbonyl (C=O) groups excluding carboxylic acids is 1. The number of morpholine rings is 1. The van der Waals surface area contributed by atoms with E-state index >= 15 is 0 Å². The Hall–Kier alpha value is -0.610. The topological polar surface area (TPSA) is 41.6 Å². The van der Waals surface area contributed by atoms with Crippen LogP contribution in [0.25, 0.3) is 0 Å². The Bertz CT molecular complexity index is 369. The fourth-order valence-corrected chi connectivity index (χ4v) is 4.11. The van der Waals surface area contributed by atoms with E-state index in [1.807, 2.05) is 4.90 Å². The highest BCUT2D eigenvalue weighted by atomic mass is 16.5. The number of ether oxygens (including phenoxy) is 1. The molecule has 1 aliphatic carbocycles. The van der Waals surface area contributed by atoms with E-state index in [2.05, 4.69) is 19.2 Å². The summed E-state index contributed by atoms with van der Waals surface area (Å²) in [6.07, 6.45) is 7.53. The molecule has 3 aliphatic rings. The molecule has 0 aromatic carbocycles. The summed E-state index contributed by atoms with van der Waals surface area (Å²) in [5.74, 6) is 1.11. The summed E-state index contributed by atoms with van der Waals surface area (Å²) >= 11 is 0. The van der Waals surface area contributed by atoms with Gasteiger partial charge >= 0.3 is 0 Å². The van der Waals surface area contributed by atoms with Crippen molar-refractivity contribution in [2.45, 2.75) is 70.1 Å². The number of piperidine rings is 1. The molecule has 3 unspecified atom stereocenters. The Morgan fingerprint density at radius 2 is 2.00 bits per heavy atom. The van der Waals surface area contributed by atoms with Crippen molar-refractivity contribution in [2.75, 3.05) is 19.7 Å². The molecule has 0 radical (unpaired) electrons. The highest BCUT2D eigenvalue weighted by Crippen LogP contribution is 2.32. The number of nitrogens with one attached hydrogen (secondary N) is 1. The highest BCUT2D eigenvalue weighted by molar-refractivity contribution is 5.82. The zero-order valence-electron chi connectivity index (χ0n) is 12.9. The van der Waals surface area contributed by atoms with Gasteiger partial charge in [-0.3, -0.25) is 4.79 Å². The maximum absolute atomic E-state index is 12.7. The first kappa shape index (κ1) is 14.3. The van der Waals surface area contributed by atoms with Crippen LogP contribution in [0.4, 0.5) is 0 Å². The lowest BCUT2D eigenvalue weighted by Gasteiger charge is -2.43. The molecule has 3 fully saturated rings. The van der Waals surface area contributed by atoms with Crippen molar-refractivity contribution < 1.29 is 9.53 Å². The predicted octanol–water partition coefficient (Wildman–Crippen LogP) is 1.93. The largest absolute Gasteiger partial charge is 0.372 e. The third kappa shape index (κ3) is 3.01. The van der Waals surface area contributed by atoms with Gasteiger partial charge in [0.05, 0.1) is 18.2 Å². The molecule has 3 rings (SSSR count). The summed E-state index contributed by atoms with van der Waals surface area (Å²) in [5, 5.41) is 3.65. The monoisotopic (exact) mass is 280 g/mol. The Morgan fingerprint density at radius 3 is 2.80 bits per heavy atom. The summed E-state index contributed by atoms with van der Waals surface area (Å²) < 4.78 is 5.70. The van der Waals surface area contributed by atoms with E-state index in [4.69, 9.17) is 4.74 Å². The number of amides is 1. The van der Waals surface area contributed by atoms with Crippen molar-refractivity contribution in [3.63, 3.8) is 0 Å². The van der Waals surface area contributed by atoms with Crippen molar-refractivity contribution in [1.82, 2.24) is 10.2 Å². The zero-order valence-corrected chi connectivity index (χ0v) is 12.9. The third-order valence-electron chi connectivity index (χ3n) is 5.19. The van der Waals surface area contributed by atoms with Crippen LogP contribution in [0.2, 0.25) is 0 Å². The highest BCUT2D eigenvalue weighted by Gasteiger charge is 2.38. The molecule has 2 heterocycles. The van der Waals surface area contributed by atoms with Crippen molar-refractivity contribution in [1.29, 1.82) is 0 Å². The number of hydrogen-bond acceptors (Lipinski definition) is 3. The Balaban J connectivity index is 1.60. The van der Waals surface area contributed by atoms with E-state index in [0.717, 1.165) is 25.4 Å². The first-order chi connectivity index (χ1) is 9.55. The Labute approximate surface area is 122 Å². The lowest BCUT2D eigenvalue weighted by atomic mass is 9.77. The van der Waals surface area contributed by atoms with Gasteiger partial charge < -0.3 is 15.0 Å². The maximum atomic E-state index is 12.7. The number of fused-ring (bicyclic) bond motifs is 1. The minimum Gasteiger partial charge on any atom is -0.372 e. The van der Waals surface area contributed by atoms with E-state index in [-0.39, 0.29) is 11.6 Å². The summed E-state index contributed by atoms with van der Waals surface area (Å²) in [6.45, 7) is 6.26. The van der Waals surface area contributed by atoms with E-state index in [1.165, 1.54) is 32.1 Å². The fraction of sp³-hybridized carbons (Fsp3) is 0.938. The van der Waals surface area contributed by atoms with Crippen LogP contribution in [-0.2, 0) is 9.53 Å².